The zero-order chi connectivity index (χ0) is 20.1. The number of rotatable bonds is 3. The summed E-state index contributed by atoms with van der Waals surface area (Å²) in [7, 11) is 1.77. The van der Waals surface area contributed by atoms with Gasteiger partial charge in [0.15, 0.2) is 6.17 Å². The van der Waals surface area contributed by atoms with E-state index in [1.54, 1.807) is 11.9 Å². The average molecular weight is 397 g/mol. The quantitative estimate of drug-likeness (QED) is 0.797. The highest BCUT2D eigenvalue weighted by atomic mass is 19.1. The van der Waals surface area contributed by atoms with E-state index in [0.717, 1.165) is 22.6 Å². The number of pyridine rings is 1. The van der Waals surface area contributed by atoms with Crippen LogP contribution in [0.15, 0.2) is 24.3 Å². The van der Waals surface area contributed by atoms with Gasteiger partial charge in [0.05, 0.1) is 37.6 Å². The van der Waals surface area contributed by atoms with Gasteiger partial charge in [0.25, 0.3) is 5.91 Å². The molecule has 7 heteroatoms. The van der Waals surface area contributed by atoms with E-state index in [9.17, 15) is 9.18 Å². The molecule has 4 heterocycles. The largest absolute Gasteiger partial charge is 0.487 e. The van der Waals surface area contributed by atoms with Crippen molar-refractivity contribution in [3.63, 3.8) is 0 Å². The Labute approximate surface area is 169 Å². The predicted octanol–water partition coefficient (Wildman–Crippen LogP) is 3.00. The lowest BCUT2D eigenvalue weighted by Crippen LogP contribution is -2.47. The maximum absolute atomic E-state index is 15.0. The van der Waals surface area contributed by atoms with Crippen molar-refractivity contribution in [1.29, 1.82) is 0 Å². The number of carbonyl (C=O) groups is 1. The number of benzene rings is 1. The molecule has 0 spiro atoms. The minimum atomic E-state index is -1.12. The van der Waals surface area contributed by atoms with E-state index in [-0.39, 0.29) is 12.5 Å². The molecule has 1 aromatic carbocycles. The van der Waals surface area contributed by atoms with Crippen LogP contribution in [0.25, 0.3) is 0 Å². The zero-order valence-corrected chi connectivity index (χ0v) is 16.7. The number of hydrogen-bond acceptors (Lipinski definition) is 5. The van der Waals surface area contributed by atoms with E-state index in [1.807, 2.05) is 36.1 Å². The Balaban J connectivity index is 1.29. The fourth-order valence-corrected chi connectivity index (χ4v) is 4.37. The molecule has 1 aromatic heterocycles. The molecule has 1 fully saturated rings. The molecule has 3 aliphatic rings. The third-order valence-corrected chi connectivity index (χ3v) is 5.99. The van der Waals surface area contributed by atoms with Gasteiger partial charge in [0, 0.05) is 20.0 Å². The lowest BCUT2D eigenvalue weighted by atomic mass is 10.0. The molecule has 2 aromatic rings. The third-order valence-electron chi connectivity index (χ3n) is 5.99. The number of anilines is 1. The molecular formula is C22H24FN3O3. The van der Waals surface area contributed by atoms with Gasteiger partial charge < -0.3 is 19.3 Å². The van der Waals surface area contributed by atoms with E-state index in [1.165, 1.54) is 5.56 Å². The summed E-state index contributed by atoms with van der Waals surface area (Å²) in [6.07, 6.45) is -1.02. The minimum absolute atomic E-state index is 0.00243. The Kier molecular flexibility index (Phi) is 4.42. The second kappa shape index (κ2) is 6.99. The average Bonchev–Trinajstić information content (AvgIpc) is 3.27. The van der Waals surface area contributed by atoms with E-state index in [4.69, 9.17) is 14.5 Å². The van der Waals surface area contributed by atoms with Gasteiger partial charge in [-0.25, -0.2) is 9.37 Å². The SMILES string of the molecule is Cc1cc2c(nc1N1CC[C@@H](Oc3ccc4c(c3)COC4)[C@@H](F)C1)CN(C)C2=O. The molecule has 152 valence electrons. The fraction of sp³-hybridized carbons (Fsp3) is 0.455. The van der Waals surface area contributed by atoms with Crippen LogP contribution in [0.2, 0.25) is 0 Å². The Morgan fingerprint density at radius 3 is 2.90 bits per heavy atom. The molecule has 0 N–H and O–H groups in total. The van der Waals surface area contributed by atoms with Crippen molar-refractivity contribution in [3.05, 3.63) is 52.2 Å². The molecule has 0 aliphatic carbocycles. The second-order valence-corrected chi connectivity index (χ2v) is 8.11. The summed E-state index contributed by atoms with van der Waals surface area (Å²) in [5, 5.41) is 0. The summed E-state index contributed by atoms with van der Waals surface area (Å²) in [6.45, 7) is 4.54. The number of aromatic nitrogens is 1. The van der Waals surface area contributed by atoms with Crippen molar-refractivity contribution in [2.75, 3.05) is 25.0 Å². The van der Waals surface area contributed by atoms with Crippen molar-refractivity contribution in [2.24, 2.45) is 0 Å². The van der Waals surface area contributed by atoms with Gasteiger partial charge in [-0.05, 0) is 41.8 Å². The van der Waals surface area contributed by atoms with Gasteiger partial charge in [-0.1, -0.05) is 6.07 Å². The van der Waals surface area contributed by atoms with E-state index >= 15 is 0 Å². The summed E-state index contributed by atoms with van der Waals surface area (Å²) in [6, 6.07) is 7.73. The number of fused-ring (bicyclic) bond motifs is 2. The van der Waals surface area contributed by atoms with Crippen LogP contribution in [0.5, 0.6) is 5.75 Å². The third kappa shape index (κ3) is 3.23. The molecule has 29 heavy (non-hydrogen) atoms. The Morgan fingerprint density at radius 2 is 2.07 bits per heavy atom. The first kappa shape index (κ1) is 18.4. The van der Waals surface area contributed by atoms with Crippen LogP contribution < -0.4 is 9.64 Å². The smallest absolute Gasteiger partial charge is 0.255 e. The topological polar surface area (TPSA) is 54.9 Å². The van der Waals surface area contributed by atoms with E-state index < -0.39 is 12.3 Å². The first-order valence-electron chi connectivity index (χ1n) is 10.0. The van der Waals surface area contributed by atoms with Gasteiger partial charge >= 0.3 is 0 Å². The maximum Gasteiger partial charge on any atom is 0.255 e. The lowest BCUT2D eigenvalue weighted by molar-refractivity contribution is 0.0815. The van der Waals surface area contributed by atoms with Crippen LogP contribution in [0.3, 0.4) is 0 Å². The van der Waals surface area contributed by atoms with Gasteiger partial charge in [0.1, 0.15) is 17.7 Å². The zero-order valence-electron chi connectivity index (χ0n) is 16.7. The Morgan fingerprint density at radius 1 is 1.24 bits per heavy atom. The van der Waals surface area contributed by atoms with E-state index in [0.29, 0.717) is 44.0 Å². The molecule has 0 bridgehead atoms. The molecule has 3 aliphatic heterocycles. The van der Waals surface area contributed by atoms with Crippen molar-refractivity contribution >= 4 is 11.7 Å². The van der Waals surface area contributed by atoms with Crippen LogP contribution in [-0.2, 0) is 24.5 Å². The van der Waals surface area contributed by atoms with E-state index in [2.05, 4.69) is 0 Å². The molecule has 2 atom stereocenters. The number of nitrogens with zero attached hydrogens (tertiary/aromatic N) is 3. The molecular weight excluding hydrogens is 373 g/mol. The number of halogens is 1. The summed E-state index contributed by atoms with van der Waals surface area (Å²) >= 11 is 0. The fourth-order valence-electron chi connectivity index (χ4n) is 4.37. The highest BCUT2D eigenvalue weighted by molar-refractivity contribution is 5.98. The number of aryl methyl sites for hydroxylation is 1. The number of carbonyl (C=O) groups excluding carboxylic acids is 1. The second-order valence-electron chi connectivity index (χ2n) is 8.11. The van der Waals surface area contributed by atoms with Crippen molar-refractivity contribution in [2.45, 2.75) is 45.4 Å². The minimum Gasteiger partial charge on any atom is -0.487 e. The summed E-state index contributed by atoms with van der Waals surface area (Å²) in [5.74, 6) is 1.46. The maximum atomic E-state index is 15.0. The van der Waals surface area contributed by atoms with Crippen molar-refractivity contribution < 1.29 is 18.7 Å². The number of piperidine rings is 1. The molecule has 0 unspecified atom stereocenters. The normalized spacial score (nSPS) is 23.3. The highest BCUT2D eigenvalue weighted by Crippen LogP contribution is 2.31. The van der Waals surface area contributed by atoms with Gasteiger partial charge in [-0.2, -0.15) is 0 Å². The monoisotopic (exact) mass is 397 g/mol. The Bertz CT molecular complexity index is 980. The molecule has 1 amide bonds. The van der Waals surface area contributed by atoms with Crippen LogP contribution in [0, 0.1) is 6.92 Å². The van der Waals surface area contributed by atoms with Crippen molar-refractivity contribution in [1.82, 2.24) is 9.88 Å². The van der Waals surface area contributed by atoms with Gasteiger partial charge in [0.2, 0.25) is 0 Å². The number of alkyl halides is 1. The van der Waals surface area contributed by atoms with Crippen LogP contribution >= 0.6 is 0 Å². The van der Waals surface area contributed by atoms with Crippen LogP contribution in [0.1, 0.15) is 39.2 Å². The first-order valence-corrected chi connectivity index (χ1v) is 10.0. The molecule has 0 radical (unpaired) electrons. The lowest BCUT2D eigenvalue weighted by Gasteiger charge is -2.36. The molecule has 5 rings (SSSR count). The predicted molar refractivity (Wildman–Crippen MR) is 106 cm³/mol. The molecule has 1 saturated heterocycles. The highest BCUT2D eigenvalue weighted by Gasteiger charge is 2.34. The van der Waals surface area contributed by atoms with Crippen LogP contribution in [-0.4, -0.2) is 48.2 Å². The number of hydrogen-bond donors (Lipinski definition) is 0. The Hall–Kier alpha value is -2.67. The van der Waals surface area contributed by atoms with Gasteiger partial charge in [-0.15, -0.1) is 0 Å². The molecule has 6 nitrogen and oxygen atoms in total. The summed E-state index contributed by atoms with van der Waals surface area (Å²) in [4.78, 5) is 20.5. The summed E-state index contributed by atoms with van der Waals surface area (Å²) < 4.78 is 26.4. The molecule has 0 saturated carbocycles. The number of amides is 1. The summed E-state index contributed by atoms with van der Waals surface area (Å²) in [5.41, 5.74) is 4.62. The number of ether oxygens (including phenoxy) is 2. The standard InChI is InChI=1S/C22H24FN3O3/c1-13-7-17-19(10-25(2)22(17)27)24-21(13)26-6-5-20(18(23)9-26)29-16-4-3-14-11-28-12-15(14)8-16/h3-4,7-8,18,20H,5-6,9-12H2,1-2H3/t18-,20+/m0/s1. The first-order chi connectivity index (χ1) is 14.0. The van der Waals surface area contributed by atoms with Crippen LogP contribution in [0.4, 0.5) is 10.2 Å². The van der Waals surface area contributed by atoms with Crippen molar-refractivity contribution in [3.8, 4) is 5.75 Å². The van der Waals surface area contributed by atoms with Gasteiger partial charge in [-0.3, -0.25) is 4.79 Å².